The molecule has 1 aliphatic heterocycles. The number of carbonyl (C=O) groups is 4. The van der Waals surface area contributed by atoms with Crippen LogP contribution in [0.1, 0.15) is 68.1 Å². The molecule has 0 N–H and O–H groups in total. The molecule has 2 aromatic rings. The van der Waals surface area contributed by atoms with Gasteiger partial charge >= 0.3 is 0 Å². The van der Waals surface area contributed by atoms with Crippen molar-refractivity contribution in [3.63, 3.8) is 0 Å². The summed E-state index contributed by atoms with van der Waals surface area (Å²) in [7, 11) is 5.53. The van der Waals surface area contributed by atoms with Gasteiger partial charge in [-0.15, -0.1) is 6.42 Å². The summed E-state index contributed by atoms with van der Waals surface area (Å²) in [4.78, 5) is 53.7. The predicted octanol–water partition coefficient (Wildman–Crippen LogP) is 3.39. The Kier molecular flexibility index (Phi) is 10.7. The number of nitrogens with zero attached hydrogens (tertiary/aromatic N) is 2. The SMILES string of the molecule is [B]C(CCC(=O)CCCCOc1ccc2nccc(C(=O)CCC(=O)N3CCC[C@H]3C#C)c2c1)OC=O. The van der Waals surface area contributed by atoms with Crippen molar-refractivity contribution in [2.45, 2.75) is 69.8 Å². The molecule has 0 spiro atoms. The van der Waals surface area contributed by atoms with E-state index < -0.39 is 6.00 Å². The summed E-state index contributed by atoms with van der Waals surface area (Å²) in [6.45, 7) is 1.33. The van der Waals surface area contributed by atoms with Gasteiger partial charge in [-0.05, 0) is 56.4 Å². The van der Waals surface area contributed by atoms with Crippen molar-refractivity contribution < 1.29 is 28.7 Å². The number of terminal acetylenes is 1. The van der Waals surface area contributed by atoms with Crippen molar-refractivity contribution in [2.24, 2.45) is 0 Å². The van der Waals surface area contributed by atoms with Crippen molar-refractivity contribution in [3.8, 4) is 18.1 Å². The number of ether oxygens (including phenoxy) is 2. The Hall–Kier alpha value is -3.67. The first-order valence-electron chi connectivity index (χ1n) is 12.6. The molecule has 2 radical (unpaired) electrons. The minimum atomic E-state index is -0.754. The van der Waals surface area contributed by atoms with Crippen molar-refractivity contribution >= 4 is 42.7 Å². The largest absolute Gasteiger partial charge is 0.494 e. The molecule has 1 amide bonds. The number of carbonyl (C=O) groups excluding carboxylic acids is 4. The number of pyridine rings is 1. The number of rotatable bonds is 15. The molecule has 37 heavy (non-hydrogen) atoms. The fourth-order valence-corrected chi connectivity index (χ4v) is 4.38. The Labute approximate surface area is 218 Å². The zero-order valence-electron chi connectivity index (χ0n) is 20.9. The number of hydrogen-bond donors (Lipinski definition) is 0. The summed E-state index contributed by atoms with van der Waals surface area (Å²) in [5.74, 6) is 3.08. The van der Waals surface area contributed by atoms with E-state index in [2.05, 4.69) is 15.6 Å². The minimum absolute atomic E-state index is 0.0582. The highest BCUT2D eigenvalue weighted by Crippen LogP contribution is 2.25. The Morgan fingerprint density at radius 1 is 1.19 bits per heavy atom. The second kappa shape index (κ2) is 14.2. The van der Waals surface area contributed by atoms with Crippen LogP contribution in [0.15, 0.2) is 30.5 Å². The summed E-state index contributed by atoms with van der Waals surface area (Å²) in [6, 6.07) is 6.10. The Morgan fingerprint density at radius 2 is 2.03 bits per heavy atom. The molecule has 0 saturated carbocycles. The summed E-state index contributed by atoms with van der Waals surface area (Å²) in [5, 5.41) is 0.671. The van der Waals surface area contributed by atoms with E-state index in [0.29, 0.717) is 61.1 Å². The first-order valence-corrected chi connectivity index (χ1v) is 12.6. The van der Waals surface area contributed by atoms with Gasteiger partial charge in [-0.3, -0.25) is 24.2 Å². The normalized spacial score (nSPS) is 15.6. The van der Waals surface area contributed by atoms with Crippen LogP contribution in [-0.4, -0.2) is 66.9 Å². The van der Waals surface area contributed by atoms with Gasteiger partial charge in [-0.1, -0.05) is 5.92 Å². The molecule has 2 heterocycles. The first kappa shape index (κ1) is 27.9. The number of hydrogen-bond acceptors (Lipinski definition) is 7. The van der Waals surface area contributed by atoms with E-state index in [1.807, 2.05) is 0 Å². The maximum atomic E-state index is 13.0. The van der Waals surface area contributed by atoms with Gasteiger partial charge in [-0.25, -0.2) is 0 Å². The van der Waals surface area contributed by atoms with Crippen molar-refractivity contribution in [1.82, 2.24) is 9.88 Å². The number of benzene rings is 1. The number of fused-ring (bicyclic) bond motifs is 1. The first-order chi connectivity index (χ1) is 17.9. The van der Waals surface area contributed by atoms with Crippen LogP contribution in [0.3, 0.4) is 0 Å². The van der Waals surface area contributed by atoms with E-state index >= 15 is 0 Å². The summed E-state index contributed by atoms with van der Waals surface area (Å²) >= 11 is 0. The van der Waals surface area contributed by atoms with Crippen molar-refractivity contribution in [3.05, 3.63) is 36.0 Å². The van der Waals surface area contributed by atoms with Gasteiger partial charge in [0.1, 0.15) is 19.4 Å². The zero-order chi connectivity index (χ0) is 26.6. The summed E-state index contributed by atoms with van der Waals surface area (Å²) in [6.07, 6.45) is 11.3. The van der Waals surface area contributed by atoms with Gasteiger partial charge in [0, 0.05) is 49.4 Å². The van der Waals surface area contributed by atoms with Gasteiger partial charge < -0.3 is 14.4 Å². The van der Waals surface area contributed by atoms with E-state index in [4.69, 9.17) is 19.0 Å². The number of Topliss-reactive ketones (excluding diaryl/α,β-unsaturated/α-hetero) is 2. The summed E-state index contributed by atoms with van der Waals surface area (Å²) < 4.78 is 10.4. The average molecular weight is 502 g/mol. The highest BCUT2D eigenvalue weighted by Gasteiger charge is 2.27. The molecular weight excluding hydrogens is 471 g/mol. The third-order valence-electron chi connectivity index (χ3n) is 6.40. The Balaban J connectivity index is 1.49. The fourth-order valence-electron chi connectivity index (χ4n) is 4.38. The molecule has 1 aliphatic rings. The lowest BCUT2D eigenvalue weighted by Crippen LogP contribution is -2.34. The number of likely N-dealkylation sites (tertiary alicyclic amines) is 1. The van der Waals surface area contributed by atoms with E-state index in [1.54, 1.807) is 35.4 Å². The smallest absolute Gasteiger partial charge is 0.292 e. The Morgan fingerprint density at radius 3 is 2.81 bits per heavy atom. The van der Waals surface area contributed by atoms with Crippen molar-refractivity contribution in [2.75, 3.05) is 13.2 Å². The molecule has 3 rings (SSSR count). The molecule has 1 saturated heterocycles. The lowest BCUT2D eigenvalue weighted by Gasteiger charge is -2.20. The van der Waals surface area contributed by atoms with E-state index in [0.717, 1.165) is 12.8 Å². The van der Waals surface area contributed by atoms with Crippen LogP contribution in [-0.2, 0) is 19.1 Å². The predicted molar refractivity (Wildman–Crippen MR) is 139 cm³/mol. The van der Waals surface area contributed by atoms with Gasteiger partial charge in [0.05, 0.1) is 24.2 Å². The molecular formula is C28H31BN2O6. The lowest BCUT2D eigenvalue weighted by atomic mass is 9.93. The second-order valence-electron chi connectivity index (χ2n) is 9.03. The minimum Gasteiger partial charge on any atom is -0.494 e. The maximum Gasteiger partial charge on any atom is 0.292 e. The number of unbranched alkanes of at least 4 members (excludes halogenated alkanes) is 1. The molecule has 192 valence electrons. The zero-order valence-corrected chi connectivity index (χ0v) is 20.9. The molecule has 2 atom stereocenters. The van der Waals surface area contributed by atoms with Gasteiger partial charge in [0.2, 0.25) is 5.91 Å². The standard InChI is InChI=1S/C28H31BN2O6/c1-2-20-6-5-16-31(20)28(35)13-11-26(34)23-14-15-30-25-10-9-22(18-24(23)25)36-17-4-3-7-21(33)8-12-27(29)37-19-32/h1,9-10,14-15,18-20,27H,3-8,11-13,16-17H2/t20-,27?/m1/s1. The molecule has 1 fully saturated rings. The van der Waals surface area contributed by atoms with Crippen molar-refractivity contribution in [1.29, 1.82) is 0 Å². The van der Waals surface area contributed by atoms with Crippen LogP contribution in [0.25, 0.3) is 10.9 Å². The van der Waals surface area contributed by atoms with E-state index in [9.17, 15) is 19.2 Å². The van der Waals surface area contributed by atoms with E-state index in [1.165, 1.54) is 0 Å². The van der Waals surface area contributed by atoms with Crippen LogP contribution < -0.4 is 4.74 Å². The topological polar surface area (TPSA) is 103 Å². The van der Waals surface area contributed by atoms with E-state index in [-0.39, 0.29) is 49.3 Å². The van der Waals surface area contributed by atoms with Crippen LogP contribution in [0.5, 0.6) is 5.75 Å². The number of ketones is 2. The third kappa shape index (κ3) is 8.17. The molecule has 8 nitrogen and oxygen atoms in total. The monoisotopic (exact) mass is 502 g/mol. The number of aromatic nitrogens is 1. The van der Waals surface area contributed by atoms with Crippen LogP contribution in [0.2, 0.25) is 0 Å². The second-order valence-corrected chi connectivity index (χ2v) is 9.03. The molecule has 0 bridgehead atoms. The molecule has 1 unspecified atom stereocenters. The molecule has 1 aromatic heterocycles. The molecule has 1 aromatic carbocycles. The highest BCUT2D eigenvalue weighted by molar-refractivity contribution is 6.11. The van der Waals surface area contributed by atoms with Crippen LogP contribution >= 0.6 is 0 Å². The lowest BCUT2D eigenvalue weighted by molar-refractivity contribution is -0.131. The highest BCUT2D eigenvalue weighted by atomic mass is 16.5. The van der Waals surface area contributed by atoms with Gasteiger partial charge in [0.15, 0.2) is 5.78 Å². The Bertz CT molecular complexity index is 1160. The fraction of sp³-hybridized carbons (Fsp3) is 0.464. The maximum absolute atomic E-state index is 13.0. The van der Waals surface area contributed by atoms with Crippen LogP contribution in [0, 0.1) is 12.3 Å². The van der Waals surface area contributed by atoms with Crippen LogP contribution in [0.4, 0.5) is 0 Å². The third-order valence-corrected chi connectivity index (χ3v) is 6.40. The molecule has 0 aliphatic carbocycles. The van der Waals surface area contributed by atoms with Gasteiger partial charge in [0.25, 0.3) is 6.47 Å². The average Bonchev–Trinajstić information content (AvgIpc) is 3.39. The molecule has 9 heteroatoms. The number of amides is 1. The summed E-state index contributed by atoms with van der Waals surface area (Å²) in [5.41, 5.74) is 1.17. The quantitative estimate of drug-likeness (QED) is 0.121. The van der Waals surface area contributed by atoms with Gasteiger partial charge in [-0.2, -0.15) is 0 Å².